The Hall–Kier alpha value is -4.34. The smallest absolute Gasteiger partial charge is 0.337 e. The maximum atomic E-state index is 11.2. The van der Waals surface area contributed by atoms with Crippen molar-refractivity contribution in [2.24, 2.45) is 0 Å². The molecule has 0 aliphatic rings. The van der Waals surface area contributed by atoms with Crippen molar-refractivity contribution >= 4 is 11.9 Å². The molecule has 0 aliphatic heterocycles. The summed E-state index contributed by atoms with van der Waals surface area (Å²) in [6.45, 7) is 3.42. The fourth-order valence-electron chi connectivity index (χ4n) is 2.47. The minimum atomic E-state index is -0.953. The maximum absolute atomic E-state index is 11.2. The zero-order chi connectivity index (χ0) is 22.4. The zero-order valence-corrected chi connectivity index (χ0v) is 16.9. The average Bonchev–Trinajstić information content (AvgIpc) is 3.42. The number of hydrogen-bond acceptors (Lipinski definition) is 9. The molecule has 2 heterocycles. The summed E-state index contributed by atoms with van der Waals surface area (Å²) in [7, 11) is 1.35. The molecular weight excluding hydrogens is 404 g/mol. The van der Waals surface area contributed by atoms with Crippen LogP contribution in [0.3, 0.4) is 0 Å². The quantitative estimate of drug-likeness (QED) is 0.485. The molecule has 4 aromatic rings. The summed E-state index contributed by atoms with van der Waals surface area (Å²) in [6, 6.07) is 13.1. The molecule has 0 radical (unpaired) electrons. The Morgan fingerprint density at radius 2 is 1.19 bits per heavy atom. The molecular formula is C21H18N4O6. The second-order valence-corrected chi connectivity index (χ2v) is 6.23. The van der Waals surface area contributed by atoms with Gasteiger partial charge in [-0.05, 0) is 24.3 Å². The zero-order valence-electron chi connectivity index (χ0n) is 16.9. The van der Waals surface area contributed by atoms with Gasteiger partial charge in [-0.15, -0.1) is 0 Å². The molecule has 0 aliphatic carbocycles. The Kier molecular flexibility index (Phi) is 6.51. The van der Waals surface area contributed by atoms with Gasteiger partial charge in [-0.2, -0.15) is 9.97 Å². The van der Waals surface area contributed by atoms with E-state index in [0.29, 0.717) is 29.0 Å². The molecule has 2 aromatic heterocycles. The Labute approximate surface area is 176 Å². The van der Waals surface area contributed by atoms with Crippen LogP contribution in [-0.2, 0) is 4.74 Å². The second-order valence-electron chi connectivity index (χ2n) is 6.23. The number of methoxy groups -OCH3 is 1. The monoisotopic (exact) mass is 422 g/mol. The number of benzene rings is 2. The maximum Gasteiger partial charge on any atom is 0.337 e. The lowest BCUT2D eigenvalue weighted by Crippen LogP contribution is -2.00. The highest BCUT2D eigenvalue weighted by Crippen LogP contribution is 2.17. The number of carbonyl (C=O) groups is 2. The summed E-state index contributed by atoms with van der Waals surface area (Å²) in [5.41, 5.74) is 2.26. The predicted molar refractivity (Wildman–Crippen MR) is 107 cm³/mol. The van der Waals surface area contributed by atoms with Crippen molar-refractivity contribution in [1.82, 2.24) is 20.3 Å². The first-order valence-electron chi connectivity index (χ1n) is 9.00. The Balaban J connectivity index is 0.000000176. The summed E-state index contributed by atoms with van der Waals surface area (Å²) in [5, 5.41) is 16.2. The van der Waals surface area contributed by atoms with E-state index >= 15 is 0 Å². The van der Waals surface area contributed by atoms with E-state index in [9.17, 15) is 9.59 Å². The molecule has 31 heavy (non-hydrogen) atoms. The number of nitrogens with zero attached hydrogens (tertiary/aromatic N) is 4. The largest absolute Gasteiger partial charge is 0.478 e. The van der Waals surface area contributed by atoms with Crippen LogP contribution < -0.4 is 0 Å². The number of aromatic nitrogens is 4. The number of aromatic carboxylic acids is 1. The van der Waals surface area contributed by atoms with E-state index in [0.717, 1.165) is 11.1 Å². The van der Waals surface area contributed by atoms with Crippen molar-refractivity contribution in [1.29, 1.82) is 0 Å². The molecule has 10 nitrogen and oxygen atoms in total. The van der Waals surface area contributed by atoms with Gasteiger partial charge < -0.3 is 18.9 Å². The van der Waals surface area contributed by atoms with Crippen LogP contribution in [0.1, 0.15) is 32.5 Å². The van der Waals surface area contributed by atoms with Gasteiger partial charge in [-0.1, -0.05) is 34.6 Å². The van der Waals surface area contributed by atoms with E-state index < -0.39 is 5.97 Å². The van der Waals surface area contributed by atoms with Crippen LogP contribution >= 0.6 is 0 Å². The van der Waals surface area contributed by atoms with Crippen LogP contribution in [0, 0.1) is 13.8 Å². The van der Waals surface area contributed by atoms with Crippen LogP contribution in [0.2, 0.25) is 0 Å². The van der Waals surface area contributed by atoms with Gasteiger partial charge in [0.25, 0.3) is 0 Å². The van der Waals surface area contributed by atoms with Crippen molar-refractivity contribution in [2.75, 3.05) is 7.11 Å². The predicted octanol–water partition coefficient (Wildman–Crippen LogP) is 3.57. The molecule has 0 atom stereocenters. The molecule has 158 valence electrons. The highest BCUT2D eigenvalue weighted by molar-refractivity contribution is 5.89. The number of carboxylic acid groups (broad SMARTS) is 1. The van der Waals surface area contributed by atoms with Crippen molar-refractivity contribution < 1.29 is 28.5 Å². The Morgan fingerprint density at radius 3 is 1.52 bits per heavy atom. The number of carboxylic acids is 1. The lowest BCUT2D eigenvalue weighted by molar-refractivity contribution is 0.0599. The molecule has 0 saturated heterocycles. The van der Waals surface area contributed by atoms with E-state index in [1.807, 2.05) is 0 Å². The summed E-state index contributed by atoms with van der Waals surface area (Å²) < 4.78 is 14.3. The molecule has 1 N–H and O–H groups in total. The van der Waals surface area contributed by atoms with Crippen molar-refractivity contribution in [3.63, 3.8) is 0 Å². The van der Waals surface area contributed by atoms with Crippen LogP contribution in [0.4, 0.5) is 0 Å². The minimum absolute atomic E-state index is 0.235. The van der Waals surface area contributed by atoms with E-state index in [2.05, 4.69) is 25.0 Å². The van der Waals surface area contributed by atoms with Gasteiger partial charge in [0.1, 0.15) is 0 Å². The molecule has 0 bridgehead atoms. The average molecular weight is 422 g/mol. The molecule has 2 aromatic carbocycles. The third-order valence-corrected chi connectivity index (χ3v) is 4.01. The Morgan fingerprint density at radius 1 is 0.774 bits per heavy atom. The van der Waals surface area contributed by atoms with Crippen molar-refractivity contribution in [3.8, 4) is 22.8 Å². The fraction of sp³-hybridized carbons (Fsp3) is 0.143. The fourth-order valence-corrected chi connectivity index (χ4v) is 2.47. The van der Waals surface area contributed by atoms with E-state index in [-0.39, 0.29) is 11.5 Å². The van der Waals surface area contributed by atoms with Gasteiger partial charge in [-0.3, -0.25) is 0 Å². The molecule has 4 rings (SSSR count). The second kappa shape index (κ2) is 9.44. The topological polar surface area (TPSA) is 141 Å². The summed E-state index contributed by atoms with van der Waals surface area (Å²) in [5.74, 6) is 0.638. The van der Waals surface area contributed by atoms with Crippen LogP contribution in [0.15, 0.2) is 57.6 Å². The third kappa shape index (κ3) is 5.38. The highest BCUT2D eigenvalue weighted by atomic mass is 16.5. The van der Waals surface area contributed by atoms with Crippen LogP contribution in [0.5, 0.6) is 0 Å². The van der Waals surface area contributed by atoms with Crippen molar-refractivity contribution in [2.45, 2.75) is 13.8 Å². The van der Waals surface area contributed by atoms with Crippen molar-refractivity contribution in [3.05, 3.63) is 71.4 Å². The van der Waals surface area contributed by atoms with E-state index in [1.165, 1.54) is 19.2 Å². The Bertz CT molecular complexity index is 1180. The van der Waals surface area contributed by atoms with Gasteiger partial charge in [0, 0.05) is 25.0 Å². The first-order valence-corrected chi connectivity index (χ1v) is 9.00. The third-order valence-electron chi connectivity index (χ3n) is 4.01. The van der Waals surface area contributed by atoms with E-state index in [4.69, 9.17) is 14.2 Å². The summed E-state index contributed by atoms with van der Waals surface area (Å²) >= 11 is 0. The molecule has 0 amide bonds. The van der Waals surface area contributed by atoms with E-state index in [1.54, 1.807) is 50.2 Å². The van der Waals surface area contributed by atoms with Gasteiger partial charge in [0.05, 0.1) is 18.2 Å². The number of ether oxygens (including phenoxy) is 1. The van der Waals surface area contributed by atoms with Gasteiger partial charge in [-0.25, -0.2) is 9.59 Å². The number of aryl methyl sites for hydroxylation is 2. The SMILES string of the molecule is COC(=O)c1ccc(-c2noc(C)n2)cc1.Cc1nc(-c2ccc(C(=O)O)cc2)no1. The number of hydrogen-bond donors (Lipinski definition) is 1. The summed E-state index contributed by atoms with van der Waals surface area (Å²) in [4.78, 5) is 29.9. The minimum Gasteiger partial charge on any atom is -0.478 e. The first kappa shape index (κ1) is 21.4. The first-order chi connectivity index (χ1) is 14.9. The van der Waals surface area contributed by atoms with Gasteiger partial charge in [0.15, 0.2) is 0 Å². The lowest BCUT2D eigenvalue weighted by Gasteiger charge is -1.99. The number of rotatable bonds is 4. The van der Waals surface area contributed by atoms with Gasteiger partial charge in [0.2, 0.25) is 23.4 Å². The highest BCUT2D eigenvalue weighted by Gasteiger charge is 2.09. The molecule has 0 spiro atoms. The normalized spacial score (nSPS) is 10.2. The number of esters is 1. The van der Waals surface area contributed by atoms with Gasteiger partial charge >= 0.3 is 11.9 Å². The lowest BCUT2D eigenvalue weighted by atomic mass is 10.1. The molecule has 0 unspecified atom stereocenters. The van der Waals surface area contributed by atoms with Crippen LogP contribution in [-0.4, -0.2) is 44.4 Å². The molecule has 0 fully saturated rings. The summed E-state index contributed by atoms with van der Waals surface area (Å²) in [6.07, 6.45) is 0. The molecule has 0 saturated carbocycles. The standard InChI is InChI=1S/C11H10N2O3.C10H8N2O3/c1-7-12-10(13-16-7)8-3-5-9(6-4-8)11(14)15-2;1-6-11-9(12-15-6)7-2-4-8(5-3-7)10(13)14/h3-6H,1-2H3;2-5H,1H3,(H,13,14). The van der Waals surface area contributed by atoms with Crippen LogP contribution in [0.25, 0.3) is 22.8 Å². The number of carbonyl (C=O) groups excluding carboxylic acids is 1. The molecule has 10 heteroatoms.